The number of hydroxylamine groups is 2. The topological polar surface area (TPSA) is 107 Å². The molecular formula is C18H24N4O5. The molecule has 0 aliphatic rings. The molecule has 0 bridgehead atoms. The summed E-state index contributed by atoms with van der Waals surface area (Å²) < 4.78 is 5.26. The van der Waals surface area contributed by atoms with E-state index in [1.54, 1.807) is 45.9 Å². The van der Waals surface area contributed by atoms with Gasteiger partial charge in [0.15, 0.2) is 0 Å². The van der Waals surface area contributed by atoms with Crippen molar-refractivity contribution in [1.82, 2.24) is 10.0 Å². The van der Waals surface area contributed by atoms with Gasteiger partial charge in [-0.1, -0.05) is 18.2 Å². The standard InChI is InChI=1S/C18H24N4O5/c1-5-21(17(23)27-18(2,3)4)26-11-10-19-16-13-8-6-7-9-14(13)20-12-15(16)22(24)25/h6-9,12H,5,10-11H2,1-4H3,(H,19,20). The number of benzene rings is 1. The lowest BCUT2D eigenvalue weighted by atomic mass is 10.1. The van der Waals surface area contributed by atoms with Crippen molar-refractivity contribution in [3.8, 4) is 0 Å². The molecule has 0 atom stereocenters. The second-order valence-corrected chi connectivity index (χ2v) is 6.73. The lowest BCUT2D eigenvalue weighted by Gasteiger charge is -2.25. The van der Waals surface area contributed by atoms with Crippen LogP contribution in [0.4, 0.5) is 16.2 Å². The number of aromatic nitrogens is 1. The maximum Gasteiger partial charge on any atom is 0.434 e. The molecule has 0 spiro atoms. The Kier molecular flexibility index (Phi) is 6.51. The quantitative estimate of drug-likeness (QED) is 0.445. The molecule has 0 aliphatic heterocycles. The summed E-state index contributed by atoms with van der Waals surface area (Å²) in [7, 11) is 0. The fraction of sp³-hybridized carbons (Fsp3) is 0.444. The van der Waals surface area contributed by atoms with Crippen molar-refractivity contribution in [2.75, 3.05) is 25.0 Å². The first-order valence-corrected chi connectivity index (χ1v) is 8.62. The van der Waals surface area contributed by atoms with Crippen LogP contribution in [-0.4, -0.2) is 46.4 Å². The highest BCUT2D eigenvalue weighted by Gasteiger charge is 2.22. The number of anilines is 1. The van der Waals surface area contributed by atoms with Gasteiger partial charge in [0.25, 0.3) is 0 Å². The Morgan fingerprint density at radius 3 is 2.67 bits per heavy atom. The zero-order valence-electron chi connectivity index (χ0n) is 15.9. The number of hydrogen-bond acceptors (Lipinski definition) is 7. The second-order valence-electron chi connectivity index (χ2n) is 6.73. The Morgan fingerprint density at radius 2 is 2.04 bits per heavy atom. The molecule has 1 N–H and O–H groups in total. The first-order chi connectivity index (χ1) is 12.7. The van der Waals surface area contributed by atoms with Crippen molar-refractivity contribution in [2.24, 2.45) is 0 Å². The predicted molar refractivity (Wildman–Crippen MR) is 101 cm³/mol. The summed E-state index contributed by atoms with van der Waals surface area (Å²) >= 11 is 0. The van der Waals surface area contributed by atoms with Crippen LogP contribution in [0.15, 0.2) is 30.5 Å². The van der Waals surface area contributed by atoms with Crippen LogP contribution in [0.5, 0.6) is 0 Å². The van der Waals surface area contributed by atoms with Gasteiger partial charge in [0.05, 0.1) is 17.0 Å². The number of nitrogens with zero attached hydrogens (tertiary/aromatic N) is 3. The molecule has 0 radical (unpaired) electrons. The maximum absolute atomic E-state index is 12.0. The van der Waals surface area contributed by atoms with Gasteiger partial charge in [0.1, 0.15) is 17.5 Å². The fourth-order valence-corrected chi connectivity index (χ4v) is 2.37. The smallest absolute Gasteiger partial charge is 0.434 e. The third-order valence-electron chi connectivity index (χ3n) is 3.49. The van der Waals surface area contributed by atoms with Crippen molar-refractivity contribution < 1.29 is 19.3 Å². The normalized spacial score (nSPS) is 11.3. The van der Waals surface area contributed by atoms with E-state index in [9.17, 15) is 14.9 Å². The van der Waals surface area contributed by atoms with E-state index in [1.807, 2.05) is 6.07 Å². The number of pyridine rings is 1. The van der Waals surface area contributed by atoms with Gasteiger partial charge < -0.3 is 10.1 Å². The van der Waals surface area contributed by atoms with Gasteiger partial charge in [-0.2, -0.15) is 5.06 Å². The zero-order chi connectivity index (χ0) is 20.0. The molecule has 1 aromatic carbocycles. The minimum Gasteiger partial charge on any atom is -0.442 e. The molecule has 27 heavy (non-hydrogen) atoms. The van der Waals surface area contributed by atoms with Crippen LogP contribution in [0, 0.1) is 10.1 Å². The van der Waals surface area contributed by atoms with E-state index < -0.39 is 16.6 Å². The van der Waals surface area contributed by atoms with E-state index in [2.05, 4.69) is 10.3 Å². The molecule has 1 amide bonds. The van der Waals surface area contributed by atoms with Gasteiger partial charge in [-0.15, -0.1) is 0 Å². The number of fused-ring (bicyclic) bond motifs is 1. The number of para-hydroxylation sites is 1. The van der Waals surface area contributed by atoms with E-state index in [1.165, 1.54) is 6.20 Å². The molecule has 9 heteroatoms. The fourth-order valence-electron chi connectivity index (χ4n) is 2.37. The number of ether oxygens (including phenoxy) is 1. The third kappa shape index (κ3) is 5.52. The summed E-state index contributed by atoms with van der Waals surface area (Å²) in [4.78, 5) is 32.4. The van der Waals surface area contributed by atoms with Crippen LogP contribution in [0.25, 0.3) is 10.9 Å². The molecule has 0 aliphatic carbocycles. The summed E-state index contributed by atoms with van der Waals surface area (Å²) in [5.41, 5.74) is 0.279. The van der Waals surface area contributed by atoms with Crippen molar-refractivity contribution >= 4 is 28.4 Å². The van der Waals surface area contributed by atoms with Crippen molar-refractivity contribution in [2.45, 2.75) is 33.3 Å². The van der Waals surface area contributed by atoms with Gasteiger partial charge in [-0.25, -0.2) is 9.78 Å². The van der Waals surface area contributed by atoms with Crippen LogP contribution in [0.1, 0.15) is 27.7 Å². The summed E-state index contributed by atoms with van der Waals surface area (Å²) in [6, 6.07) is 7.14. The highest BCUT2D eigenvalue weighted by atomic mass is 16.7. The predicted octanol–water partition coefficient (Wildman–Crippen LogP) is 3.74. The Balaban J connectivity index is 2.03. The van der Waals surface area contributed by atoms with Gasteiger partial charge in [-0.05, 0) is 33.8 Å². The molecule has 2 rings (SSSR count). The Hall–Kier alpha value is -2.94. The Bertz CT molecular complexity index is 819. The van der Waals surface area contributed by atoms with E-state index in [0.717, 1.165) is 5.06 Å². The molecule has 146 valence electrons. The van der Waals surface area contributed by atoms with Crippen LogP contribution in [-0.2, 0) is 9.57 Å². The number of rotatable bonds is 7. The number of hydrogen-bond donors (Lipinski definition) is 1. The summed E-state index contributed by atoms with van der Waals surface area (Å²) in [5, 5.41) is 16.1. The van der Waals surface area contributed by atoms with Crippen LogP contribution < -0.4 is 5.32 Å². The van der Waals surface area contributed by atoms with Crippen LogP contribution in [0.2, 0.25) is 0 Å². The molecule has 0 fully saturated rings. The van der Waals surface area contributed by atoms with E-state index in [4.69, 9.17) is 9.57 Å². The van der Waals surface area contributed by atoms with Crippen LogP contribution in [0.3, 0.4) is 0 Å². The second kappa shape index (κ2) is 8.63. The number of amides is 1. The first-order valence-electron chi connectivity index (χ1n) is 8.62. The molecule has 0 unspecified atom stereocenters. The maximum atomic E-state index is 12.0. The third-order valence-corrected chi connectivity index (χ3v) is 3.49. The average Bonchev–Trinajstić information content (AvgIpc) is 2.59. The Morgan fingerprint density at radius 1 is 1.33 bits per heavy atom. The first kappa shape index (κ1) is 20.4. The number of nitro groups is 1. The summed E-state index contributed by atoms with van der Waals surface area (Å²) in [5.74, 6) is 0. The van der Waals surface area contributed by atoms with Crippen LogP contribution >= 0.6 is 0 Å². The minimum absolute atomic E-state index is 0.117. The molecule has 0 saturated carbocycles. The minimum atomic E-state index is -0.622. The summed E-state index contributed by atoms with van der Waals surface area (Å²) in [6.07, 6.45) is 0.648. The van der Waals surface area contributed by atoms with E-state index in [-0.39, 0.29) is 18.8 Å². The summed E-state index contributed by atoms with van der Waals surface area (Å²) in [6.45, 7) is 7.77. The van der Waals surface area contributed by atoms with Crippen molar-refractivity contribution in [3.63, 3.8) is 0 Å². The van der Waals surface area contributed by atoms with E-state index >= 15 is 0 Å². The number of carbonyl (C=O) groups is 1. The van der Waals surface area contributed by atoms with E-state index in [0.29, 0.717) is 23.1 Å². The molecule has 0 saturated heterocycles. The molecule has 2 aromatic rings. The molecular weight excluding hydrogens is 352 g/mol. The lowest BCUT2D eigenvalue weighted by Crippen LogP contribution is -2.37. The van der Waals surface area contributed by atoms with Gasteiger partial charge in [0.2, 0.25) is 0 Å². The highest BCUT2D eigenvalue weighted by molar-refractivity contribution is 5.95. The Labute approximate surface area is 157 Å². The highest BCUT2D eigenvalue weighted by Crippen LogP contribution is 2.31. The molecule has 1 aromatic heterocycles. The van der Waals surface area contributed by atoms with Gasteiger partial charge in [-0.3, -0.25) is 15.0 Å². The zero-order valence-corrected chi connectivity index (χ0v) is 15.9. The number of nitrogens with one attached hydrogen (secondary N) is 1. The average molecular weight is 376 g/mol. The number of carbonyl (C=O) groups excluding carboxylic acids is 1. The van der Waals surface area contributed by atoms with Gasteiger partial charge in [0, 0.05) is 18.5 Å². The lowest BCUT2D eigenvalue weighted by molar-refractivity contribution is -0.384. The molecule has 9 nitrogen and oxygen atoms in total. The molecule has 1 heterocycles. The largest absolute Gasteiger partial charge is 0.442 e. The SMILES string of the molecule is CCN(OCCNc1c([N+](=O)[O-])cnc2ccccc12)C(=O)OC(C)(C)C. The monoisotopic (exact) mass is 376 g/mol. The van der Waals surface area contributed by atoms with Crippen molar-refractivity contribution in [3.05, 3.63) is 40.6 Å². The van der Waals surface area contributed by atoms with Crippen molar-refractivity contribution in [1.29, 1.82) is 0 Å². The van der Waals surface area contributed by atoms with Gasteiger partial charge >= 0.3 is 11.8 Å².